The second-order valence-electron chi connectivity index (χ2n) is 4.34. The van der Waals surface area contributed by atoms with Crippen molar-refractivity contribution in [2.45, 2.75) is 0 Å². The van der Waals surface area contributed by atoms with Gasteiger partial charge in [0, 0.05) is 23.3 Å². The molecule has 2 aromatic rings. The molecule has 2 rings (SSSR count). The second kappa shape index (κ2) is 7.12. The van der Waals surface area contributed by atoms with E-state index in [0.29, 0.717) is 22.6 Å². The zero-order chi connectivity index (χ0) is 15.9. The maximum Gasteiger partial charge on any atom is 0.128 e. The molecule has 0 amide bonds. The summed E-state index contributed by atoms with van der Waals surface area (Å²) in [4.78, 5) is 0. The molecule has 0 aliphatic heterocycles. The molecule has 2 aromatic carbocycles. The van der Waals surface area contributed by atoms with Gasteiger partial charge in [0.15, 0.2) is 0 Å². The Morgan fingerprint density at radius 2 is 1.18 bits per heavy atom. The molecule has 0 saturated heterocycles. The van der Waals surface area contributed by atoms with E-state index in [1.165, 1.54) is 38.8 Å². The van der Waals surface area contributed by atoms with Crippen molar-refractivity contribution in [3.8, 4) is 23.0 Å². The fraction of sp³-hybridized carbons (Fsp3) is 0.125. The van der Waals surface area contributed by atoms with Crippen LogP contribution in [0.25, 0.3) is 0 Å². The molecule has 22 heavy (non-hydrogen) atoms. The van der Waals surface area contributed by atoms with Crippen molar-refractivity contribution in [2.24, 2.45) is 10.2 Å². The van der Waals surface area contributed by atoms with Crippen LogP contribution in [-0.2, 0) is 0 Å². The molecule has 0 radical (unpaired) electrons. The minimum Gasteiger partial charge on any atom is -0.507 e. The molecule has 0 unspecified atom stereocenters. The number of aromatic hydroxyl groups is 2. The molecule has 6 nitrogen and oxygen atoms in total. The molecule has 0 spiro atoms. The Morgan fingerprint density at radius 1 is 0.773 bits per heavy atom. The molecule has 6 heteroatoms. The molecule has 0 heterocycles. The van der Waals surface area contributed by atoms with E-state index in [-0.39, 0.29) is 11.5 Å². The summed E-state index contributed by atoms with van der Waals surface area (Å²) in [5, 5.41) is 27.2. The van der Waals surface area contributed by atoms with Crippen molar-refractivity contribution in [3.63, 3.8) is 0 Å². The fourth-order valence-electron chi connectivity index (χ4n) is 1.71. The molecule has 0 atom stereocenters. The first-order valence-electron chi connectivity index (χ1n) is 6.44. The van der Waals surface area contributed by atoms with E-state index in [4.69, 9.17) is 9.47 Å². The first kappa shape index (κ1) is 15.4. The van der Waals surface area contributed by atoms with Crippen molar-refractivity contribution in [1.29, 1.82) is 0 Å². The lowest BCUT2D eigenvalue weighted by Gasteiger charge is -2.02. The summed E-state index contributed by atoms with van der Waals surface area (Å²) in [5.74, 6) is 1.21. The average molecular weight is 300 g/mol. The van der Waals surface area contributed by atoms with Gasteiger partial charge in [-0.2, -0.15) is 10.2 Å². The summed E-state index contributed by atoms with van der Waals surface area (Å²) >= 11 is 0. The molecular weight excluding hydrogens is 284 g/mol. The molecular formula is C16H16N2O4. The number of hydrogen-bond acceptors (Lipinski definition) is 6. The van der Waals surface area contributed by atoms with Gasteiger partial charge >= 0.3 is 0 Å². The van der Waals surface area contributed by atoms with Crippen molar-refractivity contribution < 1.29 is 19.7 Å². The van der Waals surface area contributed by atoms with E-state index in [9.17, 15) is 10.2 Å². The number of phenols is 2. The number of methoxy groups -OCH3 is 2. The van der Waals surface area contributed by atoms with Gasteiger partial charge in [-0.15, -0.1) is 0 Å². The highest BCUT2D eigenvalue weighted by atomic mass is 16.5. The van der Waals surface area contributed by atoms with Gasteiger partial charge in [-0.1, -0.05) is 0 Å². The molecule has 0 aliphatic carbocycles. The Kier molecular flexibility index (Phi) is 4.98. The van der Waals surface area contributed by atoms with Crippen molar-refractivity contribution in [3.05, 3.63) is 47.5 Å². The molecule has 0 fully saturated rings. The first-order chi connectivity index (χ1) is 10.6. The summed E-state index contributed by atoms with van der Waals surface area (Å²) in [5.41, 5.74) is 1.02. The third-order valence-corrected chi connectivity index (χ3v) is 2.94. The van der Waals surface area contributed by atoms with E-state index in [1.807, 2.05) is 0 Å². The highest BCUT2D eigenvalue weighted by Gasteiger charge is 2.01. The van der Waals surface area contributed by atoms with Crippen LogP contribution in [0.2, 0.25) is 0 Å². The molecule has 0 saturated carbocycles. The van der Waals surface area contributed by atoms with Gasteiger partial charge in [-0.25, -0.2) is 0 Å². The van der Waals surface area contributed by atoms with Crippen LogP contribution >= 0.6 is 0 Å². The number of benzene rings is 2. The predicted octanol–water partition coefficient (Wildman–Crippen LogP) is 2.57. The maximum atomic E-state index is 9.76. The number of ether oxygens (including phenoxy) is 2. The third-order valence-electron chi connectivity index (χ3n) is 2.94. The molecule has 0 bridgehead atoms. The van der Waals surface area contributed by atoms with Crippen LogP contribution in [0.1, 0.15) is 11.1 Å². The fourth-order valence-corrected chi connectivity index (χ4v) is 1.71. The Labute approximate surface area is 128 Å². The third kappa shape index (κ3) is 3.76. The summed E-state index contributed by atoms with van der Waals surface area (Å²) in [7, 11) is 3.04. The molecule has 0 aliphatic rings. The zero-order valence-corrected chi connectivity index (χ0v) is 12.2. The second-order valence-corrected chi connectivity index (χ2v) is 4.34. The lowest BCUT2D eigenvalue weighted by Crippen LogP contribution is -1.87. The summed E-state index contributed by atoms with van der Waals surface area (Å²) < 4.78 is 9.99. The van der Waals surface area contributed by atoms with Crippen LogP contribution in [0.4, 0.5) is 0 Å². The van der Waals surface area contributed by atoms with Crippen LogP contribution in [-0.4, -0.2) is 36.9 Å². The average Bonchev–Trinajstić information content (AvgIpc) is 2.53. The van der Waals surface area contributed by atoms with Gasteiger partial charge in [0.25, 0.3) is 0 Å². The standard InChI is InChI=1S/C16H16N2O4/c1-21-13-5-3-11(15(19)7-13)9-17-18-10-12-4-6-14(22-2)8-16(12)20/h3-10,19-20H,1-2H3/b17-9+,18-10+. The Balaban J connectivity index is 2.09. The van der Waals surface area contributed by atoms with Crippen molar-refractivity contribution in [1.82, 2.24) is 0 Å². The molecule has 114 valence electrons. The lowest BCUT2D eigenvalue weighted by atomic mass is 10.2. The predicted molar refractivity (Wildman–Crippen MR) is 84.5 cm³/mol. The number of nitrogens with zero attached hydrogens (tertiary/aromatic N) is 2. The Morgan fingerprint density at radius 3 is 1.50 bits per heavy atom. The number of phenolic OH excluding ortho intramolecular Hbond substituents is 2. The minimum absolute atomic E-state index is 0.0468. The number of hydrogen-bond donors (Lipinski definition) is 2. The van der Waals surface area contributed by atoms with Crippen LogP contribution in [0.5, 0.6) is 23.0 Å². The van der Waals surface area contributed by atoms with Gasteiger partial charge in [-0.05, 0) is 24.3 Å². The first-order valence-corrected chi connectivity index (χ1v) is 6.44. The largest absolute Gasteiger partial charge is 0.507 e. The normalized spacial score (nSPS) is 11.2. The van der Waals surface area contributed by atoms with Crippen LogP contribution in [0.15, 0.2) is 46.6 Å². The monoisotopic (exact) mass is 300 g/mol. The van der Waals surface area contributed by atoms with E-state index >= 15 is 0 Å². The summed E-state index contributed by atoms with van der Waals surface area (Å²) in [6.45, 7) is 0. The zero-order valence-electron chi connectivity index (χ0n) is 12.2. The van der Waals surface area contributed by atoms with E-state index in [1.54, 1.807) is 24.3 Å². The smallest absolute Gasteiger partial charge is 0.128 e. The van der Waals surface area contributed by atoms with Gasteiger partial charge in [-0.3, -0.25) is 0 Å². The SMILES string of the molecule is COc1ccc(/C=N/N=C/c2ccc(OC)cc2O)c(O)c1. The van der Waals surface area contributed by atoms with Gasteiger partial charge in [0.05, 0.1) is 26.6 Å². The Bertz CT molecular complexity index is 650. The van der Waals surface area contributed by atoms with E-state index < -0.39 is 0 Å². The topological polar surface area (TPSA) is 83.6 Å². The summed E-state index contributed by atoms with van der Waals surface area (Å²) in [6, 6.07) is 9.72. The molecule has 2 N–H and O–H groups in total. The quantitative estimate of drug-likeness (QED) is 0.656. The van der Waals surface area contributed by atoms with Crippen LogP contribution < -0.4 is 9.47 Å². The maximum absolute atomic E-state index is 9.76. The Hall–Kier alpha value is -3.02. The van der Waals surface area contributed by atoms with Gasteiger partial charge in [0.2, 0.25) is 0 Å². The summed E-state index contributed by atoms with van der Waals surface area (Å²) in [6.07, 6.45) is 2.82. The van der Waals surface area contributed by atoms with E-state index in [2.05, 4.69) is 10.2 Å². The minimum atomic E-state index is 0.0468. The van der Waals surface area contributed by atoms with E-state index in [0.717, 1.165) is 0 Å². The highest BCUT2D eigenvalue weighted by Crippen LogP contribution is 2.23. The van der Waals surface area contributed by atoms with Crippen LogP contribution in [0, 0.1) is 0 Å². The lowest BCUT2D eigenvalue weighted by molar-refractivity contribution is 0.407. The van der Waals surface area contributed by atoms with Crippen molar-refractivity contribution in [2.75, 3.05) is 14.2 Å². The molecule has 0 aromatic heterocycles. The van der Waals surface area contributed by atoms with Crippen molar-refractivity contribution >= 4 is 12.4 Å². The van der Waals surface area contributed by atoms with Gasteiger partial charge in [0.1, 0.15) is 23.0 Å². The highest BCUT2D eigenvalue weighted by molar-refractivity contribution is 5.86. The van der Waals surface area contributed by atoms with Gasteiger partial charge < -0.3 is 19.7 Å². The number of rotatable bonds is 5. The van der Waals surface area contributed by atoms with Crippen LogP contribution in [0.3, 0.4) is 0 Å².